The summed E-state index contributed by atoms with van der Waals surface area (Å²) in [5.74, 6) is -18.7. The molecule has 0 aromatic heterocycles. The highest BCUT2D eigenvalue weighted by atomic mass is 19.3. The number of aliphatic hydroxyl groups is 1. The second-order valence-electron chi connectivity index (χ2n) is 9.58. The third kappa shape index (κ3) is 5.38. The van der Waals surface area contributed by atoms with Crippen LogP contribution in [0, 0.1) is 17.3 Å². The molecule has 4 fully saturated rings. The molecule has 4 saturated carbocycles. The molecule has 4 bridgehead atoms. The molecule has 188 valence electrons. The summed E-state index contributed by atoms with van der Waals surface area (Å²) >= 11 is 0. The van der Waals surface area contributed by atoms with Crippen molar-refractivity contribution in [3.8, 4) is 0 Å². The standard InChI is InChI=1S/C20H24F6O7/c1-16(21,22)14(28)31-7-13(27)32-9-19(23,24)20(25,26)10-33-15(29)17-3-11-2-12(4-17)6-18(30,5-11)8-17/h11-12,30H,2-10H2,1H3. The molecular formula is C20H24F6O7. The van der Waals surface area contributed by atoms with Crippen molar-refractivity contribution in [3.63, 3.8) is 0 Å². The molecule has 13 heteroatoms. The summed E-state index contributed by atoms with van der Waals surface area (Å²) in [7, 11) is 0. The second-order valence-corrected chi connectivity index (χ2v) is 9.58. The van der Waals surface area contributed by atoms with Crippen molar-refractivity contribution in [2.45, 2.75) is 68.8 Å². The number of hydrogen-bond donors (Lipinski definition) is 1. The largest absolute Gasteiger partial charge is 0.459 e. The van der Waals surface area contributed by atoms with Gasteiger partial charge in [0.25, 0.3) is 0 Å². The lowest BCUT2D eigenvalue weighted by atomic mass is 9.48. The van der Waals surface area contributed by atoms with Crippen LogP contribution in [-0.4, -0.2) is 66.2 Å². The first-order valence-electron chi connectivity index (χ1n) is 10.3. The highest BCUT2D eigenvalue weighted by molar-refractivity contribution is 5.80. The Kier molecular flexibility index (Phi) is 6.44. The number of halogens is 6. The highest BCUT2D eigenvalue weighted by Crippen LogP contribution is 2.62. The molecule has 33 heavy (non-hydrogen) atoms. The Morgan fingerprint density at radius 2 is 1.39 bits per heavy atom. The van der Waals surface area contributed by atoms with Crippen LogP contribution in [0.5, 0.6) is 0 Å². The van der Waals surface area contributed by atoms with Gasteiger partial charge in [-0.1, -0.05) is 0 Å². The van der Waals surface area contributed by atoms with Gasteiger partial charge in [0, 0.05) is 6.92 Å². The lowest BCUT2D eigenvalue weighted by molar-refractivity contribution is -0.253. The molecule has 0 radical (unpaired) electrons. The van der Waals surface area contributed by atoms with E-state index < -0.39 is 66.5 Å². The van der Waals surface area contributed by atoms with Gasteiger partial charge in [-0.05, 0) is 50.4 Å². The van der Waals surface area contributed by atoms with Gasteiger partial charge in [-0.2, -0.15) is 26.3 Å². The number of alkyl halides is 6. The van der Waals surface area contributed by atoms with Gasteiger partial charge in [-0.25, -0.2) is 9.59 Å². The van der Waals surface area contributed by atoms with E-state index in [9.17, 15) is 45.8 Å². The van der Waals surface area contributed by atoms with Gasteiger partial charge in [0.15, 0.2) is 19.8 Å². The maximum Gasteiger partial charge on any atom is 0.377 e. The predicted octanol–water partition coefficient (Wildman–Crippen LogP) is 2.87. The quantitative estimate of drug-likeness (QED) is 0.302. The van der Waals surface area contributed by atoms with Crippen LogP contribution in [0.4, 0.5) is 26.3 Å². The lowest BCUT2D eigenvalue weighted by Crippen LogP contribution is -2.59. The van der Waals surface area contributed by atoms with Gasteiger partial charge in [0.1, 0.15) is 0 Å². The summed E-state index contributed by atoms with van der Waals surface area (Å²) in [6, 6.07) is 0. The first-order valence-corrected chi connectivity index (χ1v) is 10.3. The van der Waals surface area contributed by atoms with Crippen LogP contribution in [0.25, 0.3) is 0 Å². The number of hydrogen-bond acceptors (Lipinski definition) is 7. The second kappa shape index (κ2) is 8.31. The van der Waals surface area contributed by atoms with E-state index in [1.165, 1.54) is 0 Å². The fourth-order valence-electron chi connectivity index (χ4n) is 5.44. The molecule has 0 saturated heterocycles. The average Bonchev–Trinajstić information content (AvgIpc) is 2.65. The minimum Gasteiger partial charge on any atom is -0.459 e. The molecule has 4 aliphatic rings. The van der Waals surface area contributed by atoms with Gasteiger partial charge >= 0.3 is 35.7 Å². The van der Waals surface area contributed by atoms with Crippen LogP contribution < -0.4 is 0 Å². The molecule has 2 atom stereocenters. The Hall–Kier alpha value is -2.05. The molecule has 4 rings (SSSR count). The van der Waals surface area contributed by atoms with E-state index in [0.29, 0.717) is 25.7 Å². The van der Waals surface area contributed by atoms with E-state index in [4.69, 9.17) is 0 Å². The third-order valence-corrected chi connectivity index (χ3v) is 6.48. The van der Waals surface area contributed by atoms with E-state index >= 15 is 0 Å². The monoisotopic (exact) mass is 490 g/mol. The SMILES string of the molecule is CC(F)(F)C(=O)OCC(=O)OCC(F)(F)C(F)(F)COC(=O)C12CC3CC(CC(O)(C3)C1)C2. The molecule has 0 spiro atoms. The topological polar surface area (TPSA) is 99.1 Å². The van der Waals surface area contributed by atoms with E-state index in [1.807, 2.05) is 0 Å². The van der Waals surface area contributed by atoms with Crippen LogP contribution in [0.1, 0.15) is 45.4 Å². The van der Waals surface area contributed by atoms with Crippen molar-refractivity contribution >= 4 is 17.9 Å². The summed E-state index contributed by atoms with van der Waals surface area (Å²) in [4.78, 5) is 34.7. The van der Waals surface area contributed by atoms with E-state index in [0.717, 1.165) is 6.42 Å². The number of esters is 3. The zero-order chi connectivity index (χ0) is 24.9. The summed E-state index contributed by atoms with van der Waals surface area (Å²) in [6.07, 6.45) is 2.51. The van der Waals surface area contributed by atoms with Crippen LogP contribution in [-0.2, 0) is 28.6 Å². The number of carbonyl (C=O) groups is 3. The summed E-state index contributed by atoms with van der Waals surface area (Å²) in [5.41, 5.74) is -2.28. The summed E-state index contributed by atoms with van der Waals surface area (Å²) < 4.78 is 93.6. The fourth-order valence-corrected chi connectivity index (χ4v) is 5.44. The molecule has 0 amide bonds. The first-order chi connectivity index (χ1) is 15.0. The molecule has 2 unspecified atom stereocenters. The fraction of sp³-hybridized carbons (Fsp3) is 0.850. The summed E-state index contributed by atoms with van der Waals surface area (Å²) in [6.45, 7) is -5.46. The zero-order valence-electron chi connectivity index (χ0n) is 17.7. The summed E-state index contributed by atoms with van der Waals surface area (Å²) in [5, 5.41) is 10.6. The van der Waals surface area contributed by atoms with Crippen molar-refractivity contribution in [2.24, 2.45) is 17.3 Å². The predicted molar refractivity (Wildman–Crippen MR) is 95.5 cm³/mol. The molecule has 0 heterocycles. The Labute approximate surface area is 184 Å². The van der Waals surface area contributed by atoms with Crippen molar-refractivity contribution in [3.05, 3.63) is 0 Å². The smallest absolute Gasteiger partial charge is 0.377 e. The average molecular weight is 490 g/mol. The van der Waals surface area contributed by atoms with Crippen LogP contribution in [0.2, 0.25) is 0 Å². The van der Waals surface area contributed by atoms with Crippen molar-refractivity contribution in [1.82, 2.24) is 0 Å². The van der Waals surface area contributed by atoms with E-state index in [2.05, 4.69) is 14.2 Å². The normalized spacial score (nSPS) is 31.3. The molecule has 7 nitrogen and oxygen atoms in total. The van der Waals surface area contributed by atoms with Crippen LogP contribution in [0.3, 0.4) is 0 Å². The molecule has 0 aromatic rings. The van der Waals surface area contributed by atoms with Crippen LogP contribution >= 0.6 is 0 Å². The van der Waals surface area contributed by atoms with E-state index in [1.54, 1.807) is 0 Å². The Balaban J connectivity index is 1.51. The molecule has 0 aromatic carbocycles. The Bertz CT molecular complexity index is 795. The number of ether oxygens (including phenoxy) is 3. The third-order valence-electron chi connectivity index (χ3n) is 6.48. The Morgan fingerprint density at radius 3 is 1.88 bits per heavy atom. The zero-order valence-corrected chi connectivity index (χ0v) is 17.7. The van der Waals surface area contributed by atoms with Gasteiger partial charge in [0.2, 0.25) is 0 Å². The van der Waals surface area contributed by atoms with Gasteiger partial charge < -0.3 is 19.3 Å². The molecular weight excluding hydrogens is 466 g/mol. The molecule has 1 N–H and O–H groups in total. The van der Waals surface area contributed by atoms with Gasteiger partial charge in [-0.3, -0.25) is 4.79 Å². The maximum atomic E-state index is 14.1. The van der Waals surface area contributed by atoms with Crippen molar-refractivity contribution in [1.29, 1.82) is 0 Å². The first kappa shape index (κ1) is 25.6. The van der Waals surface area contributed by atoms with Gasteiger partial charge in [-0.15, -0.1) is 0 Å². The number of rotatable bonds is 9. The maximum absolute atomic E-state index is 14.1. The minimum absolute atomic E-state index is 0.0287. The molecule has 4 aliphatic carbocycles. The number of carbonyl (C=O) groups excluding carboxylic acids is 3. The molecule has 0 aliphatic heterocycles. The van der Waals surface area contributed by atoms with E-state index in [-0.39, 0.29) is 25.2 Å². The minimum atomic E-state index is -4.97. The van der Waals surface area contributed by atoms with Gasteiger partial charge in [0.05, 0.1) is 11.0 Å². The van der Waals surface area contributed by atoms with Crippen LogP contribution in [0.15, 0.2) is 0 Å². The highest BCUT2D eigenvalue weighted by Gasteiger charge is 2.62. The lowest BCUT2D eigenvalue weighted by Gasteiger charge is -2.58. The van der Waals surface area contributed by atoms with Crippen molar-refractivity contribution < 1.29 is 60.0 Å². The Morgan fingerprint density at radius 1 is 0.879 bits per heavy atom. The van der Waals surface area contributed by atoms with Crippen molar-refractivity contribution in [2.75, 3.05) is 19.8 Å².